The number of allylic oxidation sites excluding steroid dienone is 4. The summed E-state index contributed by atoms with van der Waals surface area (Å²) in [5, 5.41) is 23.4. The molecule has 6 nitrogen and oxygen atoms in total. The van der Waals surface area contributed by atoms with Gasteiger partial charge in [-0.15, -0.1) is 0 Å². The van der Waals surface area contributed by atoms with Gasteiger partial charge in [-0.3, -0.25) is 9.59 Å². The van der Waals surface area contributed by atoms with Gasteiger partial charge in [0, 0.05) is 12.8 Å². The molecule has 0 heterocycles. The van der Waals surface area contributed by atoms with E-state index in [2.05, 4.69) is 43.5 Å². The molecule has 3 N–H and O–H groups in total. The number of aliphatic hydroxyl groups excluding tert-OH is 2. The number of aliphatic hydroxyl groups is 2. The van der Waals surface area contributed by atoms with Gasteiger partial charge in [0.05, 0.1) is 25.4 Å². The summed E-state index contributed by atoms with van der Waals surface area (Å²) in [6.45, 7) is 4.99. The van der Waals surface area contributed by atoms with E-state index in [0.717, 1.165) is 44.9 Å². The van der Waals surface area contributed by atoms with Gasteiger partial charge in [-0.1, -0.05) is 353 Å². The van der Waals surface area contributed by atoms with Crippen LogP contribution in [0.25, 0.3) is 0 Å². The van der Waals surface area contributed by atoms with Crippen molar-refractivity contribution in [2.24, 2.45) is 0 Å². The van der Waals surface area contributed by atoms with Crippen LogP contribution in [0.4, 0.5) is 0 Å². The first kappa shape index (κ1) is 79.3. The summed E-state index contributed by atoms with van der Waals surface area (Å²) in [7, 11) is 0. The minimum Gasteiger partial charge on any atom is -0.466 e. The SMILES string of the molecule is CCCCCCCCC/C=C\CCCCCCCCCC(=O)OCCCCCCCCCCCCCC/C=C\CCCCCCCCCC(=O)NC(CO)C(O)CCCCCCCCCCCCCCCCCCCCCCCCC. The molecule has 0 aromatic heterocycles. The van der Waals surface area contributed by atoms with Gasteiger partial charge in [0.25, 0.3) is 0 Å². The molecule has 2 atom stereocenters. The number of esters is 1. The van der Waals surface area contributed by atoms with E-state index >= 15 is 0 Å². The molecule has 0 aromatic carbocycles. The van der Waals surface area contributed by atoms with Gasteiger partial charge < -0.3 is 20.3 Å². The van der Waals surface area contributed by atoms with Crippen molar-refractivity contribution in [1.82, 2.24) is 5.32 Å². The van der Waals surface area contributed by atoms with Gasteiger partial charge in [-0.2, -0.15) is 0 Å². The third kappa shape index (κ3) is 67.3. The summed E-state index contributed by atoms with van der Waals surface area (Å²) in [6.07, 6.45) is 89.5. The van der Waals surface area contributed by atoms with Crippen LogP contribution in [0.3, 0.4) is 0 Å². The van der Waals surface area contributed by atoms with Gasteiger partial charge in [0.2, 0.25) is 5.91 Å². The molecule has 0 fully saturated rings. The van der Waals surface area contributed by atoms with Crippen molar-refractivity contribution in [2.75, 3.05) is 13.2 Å². The zero-order valence-electron chi connectivity index (χ0n) is 55.0. The molecule has 0 radical (unpaired) electrons. The Morgan fingerprint density at radius 1 is 0.333 bits per heavy atom. The molecule has 480 valence electrons. The molecule has 0 rings (SSSR count). The Balaban J connectivity index is 3.40. The smallest absolute Gasteiger partial charge is 0.305 e. The summed E-state index contributed by atoms with van der Waals surface area (Å²) >= 11 is 0. The van der Waals surface area contributed by atoms with E-state index in [0.29, 0.717) is 25.9 Å². The van der Waals surface area contributed by atoms with Crippen LogP contribution in [0.15, 0.2) is 24.3 Å². The number of nitrogens with one attached hydrogen (secondary N) is 1. The molecule has 81 heavy (non-hydrogen) atoms. The molecule has 6 heteroatoms. The van der Waals surface area contributed by atoms with Crippen LogP contribution in [0.1, 0.15) is 418 Å². The Morgan fingerprint density at radius 2 is 0.580 bits per heavy atom. The van der Waals surface area contributed by atoms with Crippen LogP contribution in [-0.4, -0.2) is 47.4 Å². The summed E-state index contributed by atoms with van der Waals surface area (Å²) in [5.41, 5.74) is 0. The molecule has 1 amide bonds. The van der Waals surface area contributed by atoms with E-state index in [9.17, 15) is 19.8 Å². The number of hydrogen-bond acceptors (Lipinski definition) is 5. The first-order chi connectivity index (χ1) is 40.0. The van der Waals surface area contributed by atoms with Crippen molar-refractivity contribution in [3.8, 4) is 0 Å². The standard InChI is InChI=1S/C75H145NO5/c1-3-5-7-9-11-13-15-17-19-21-23-24-26-29-32-35-39-43-47-51-55-59-63-67-73(78)72(71-77)76-74(79)68-64-60-56-52-48-44-40-36-33-30-27-25-28-31-34-38-42-46-50-54-58-62-66-70-81-75(80)69-65-61-57-53-49-45-41-37-22-20-18-16-14-12-10-8-6-4-2/h20,22,30,33,72-73,77-78H,3-19,21,23-29,31-32,34-71H2,1-2H3,(H,76,79)/b22-20-,33-30-. The molecular formula is C75H145NO5. The Morgan fingerprint density at radius 3 is 0.877 bits per heavy atom. The normalized spacial score (nSPS) is 12.6. The van der Waals surface area contributed by atoms with Gasteiger partial charge in [0.1, 0.15) is 0 Å². The van der Waals surface area contributed by atoms with E-state index in [1.54, 1.807) is 0 Å². The highest BCUT2D eigenvalue weighted by atomic mass is 16.5. The molecule has 0 saturated heterocycles. The van der Waals surface area contributed by atoms with Crippen LogP contribution in [0, 0.1) is 0 Å². The first-order valence-corrected chi connectivity index (χ1v) is 37.1. The summed E-state index contributed by atoms with van der Waals surface area (Å²) in [4.78, 5) is 24.7. The molecule has 0 spiro atoms. The summed E-state index contributed by atoms with van der Waals surface area (Å²) in [5.74, 6) is -0.0267. The fourth-order valence-corrected chi connectivity index (χ4v) is 11.8. The van der Waals surface area contributed by atoms with E-state index in [1.165, 1.54) is 340 Å². The second-order valence-corrected chi connectivity index (χ2v) is 25.6. The molecule has 0 aliphatic heterocycles. The zero-order chi connectivity index (χ0) is 58.5. The van der Waals surface area contributed by atoms with Crippen molar-refractivity contribution < 1.29 is 24.5 Å². The molecular weight excluding hydrogens is 995 g/mol. The van der Waals surface area contributed by atoms with Gasteiger partial charge in [-0.25, -0.2) is 0 Å². The van der Waals surface area contributed by atoms with Crippen molar-refractivity contribution in [2.45, 2.75) is 431 Å². The fraction of sp³-hybridized carbons (Fsp3) is 0.920. The third-order valence-corrected chi connectivity index (χ3v) is 17.5. The summed E-state index contributed by atoms with van der Waals surface area (Å²) < 4.78 is 5.50. The maximum absolute atomic E-state index is 12.6. The monoisotopic (exact) mass is 1140 g/mol. The number of carbonyl (C=O) groups excluding carboxylic acids is 2. The number of unbranched alkanes of at least 4 members (excludes halogenated alkanes) is 55. The lowest BCUT2D eigenvalue weighted by molar-refractivity contribution is -0.143. The van der Waals surface area contributed by atoms with Crippen LogP contribution < -0.4 is 5.32 Å². The predicted octanol–water partition coefficient (Wildman–Crippen LogP) is 24.1. The van der Waals surface area contributed by atoms with Gasteiger partial charge in [-0.05, 0) is 77.0 Å². The van der Waals surface area contributed by atoms with Crippen LogP contribution >= 0.6 is 0 Å². The molecule has 0 bridgehead atoms. The molecule has 0 saturated carbocycles. The highest BCUT2D eigenvalue weighted by molar-refractivity contribution is 5.76. The zero-order valence-corrected chi connectivity index (χ0v) is 55.0. The third-order valence-electron chi connectivity index (χ3n) is 17.5. The maximum atomic E-state index is 12.6. The fourth-order valence-electron chi connectivity index (χ4n) is 11.8. The van der Waals surface area contributed by atoms with Gasteiger partial charge in [0.15, 0.2) is 0 Å². The average Bonchev–Trinajstić information content (AvgIpc) is 3.47. The Hall–Kier alpha value is -1.66. The number of carbonyl (C=O) groups is 2. The molecule has 0 aromatic rings. The maximum Gasteiger partial charge on any atom is 0.305 e. The second-order valence-electron chi connectivity index (χ2n) is 25.6. The van der Waals surface area contributed by atoms with Crippen LogP contribution in [0.2, 0.25) is 0 Å². The van der Waals surface area contributed by atoms with E-state index in [4.69, 9.17) is 4.74 Å². The van der Waals surface area contributed by atoms with Crippen molar-refractivity contribution >= 4 is 11.9 Å². The van der Waals surface area contributed by atoms with Crippen LogP contribution in [-0.2, 0) is 14.3 Å². The number of amides is 1. The quantitative estimate of drug-likeness (QED) is 0.0320. The van der Waals surface area contributed by atoms with E-state index in [1.807, 2.05) is 0 Å². The van der Waals surface area contributed by atoms with Crippen molar-refractivity contribution in [1.29, 1.82) is 0 Å². The Labute approximate surface area is 507 Å². The van der Waals surface area contributed by atoms with E-state index in [-0.39, 0.29) is 18.5 Å². The lowest BCUT2D eigenvalue weighted by atomic mass is 10.0. The van der Waals surface area contributed by atoms with Crippen molar-refractivity contribution in [3.63, 3.8) is 0 Å². The van der Waals surface area contributed by atoms with E-state index < -0.39 is 12.1 Å². The van der Waals surface area contributed by atoms with Crippen LogP contribution in [0.5, 0.6) is 0 Å². The average molecular weight is 1140 g/mol. The number of rotatable bonds is 70. The predicted molar refractivity (Wildman–Crippen MR) is 356 cm³/mol. The largest absolute Gasteiger partial charge is 0.466 e. The second kappa shape index (κ2) is 70.8. The molecule has 0 aliphatic rings. The number of hydrogen-bond donors (Lipinski definition) is 3. The highest BCUT2D eigenvalue weighted by Gasteiger charge is 2.20. The topological polar surface area (TPSA) is 95.9 Å². The molecule has 2 unspecified atom stereocenters. The number of ether oxygens (including phenoxy) is 1. The Bertz CT molecular complexity index is 1270. The minimum absolute atomic E-state index is 0.00977. The highest BCUT2D eigenvalue weighted by Crippen LogP contribution is 2.19. The minimum atomic E-state index is -0.670. The lowest BCUT2D eigenvalue weighted by Crippen LogP contribution is -2.45. The first-order valence-electron chi connectivity index (χ1n) is 37.1. The summed E-state index contributed by atoms with van der Waals surface area (Å²) in [6, 6.07) is -0.547. The van der Waals surface area contributed by atoms with Crippen molar-refractivity contribution in [3.05, 3.63) is 24.3 Å². The lowest BCUT2D eigenvalue weighted by Gasteiger charge is -2.22. The van der Waals surface area contributed by atoms with Gasteiger partial charge >= 0.3 is 5.97 Å². The Kier molecular flexibility index (Phi) is 69.4. The molecule has 0 aliphatic carbocycles.